The Balaban J connectivity index is 2.60. The minimum Gasteiger partial charge on any atom is -0.504 e. The van der Waals surface area contributed by atoms with E-state index in [0.29, 0.717) is 23.2 Å². The van der Waals surface area contributed by atoms with Gasteiger partial charge in [-0.2, -0.15) is 0 Å². The van der Waals surface area contributed by atoms with Crippen LogP contribution in [0.2, 0.25) is 0 Å². The van der Waals surface area contributed by atoms with Crippen LogP contribution in [0.25, 0.3) is 11.2 Å². The summed E-state index contributed by atoms with van der Waals surface area (Å²) in [6.45, 7) is 6.57. The highest BCUT2D eigenvalue weighted by Crippen LogP contribution is 2.27. The number of aromatic nitrogens is 2. The van der Waals surface area contributed by atoms with Crippen LogP contribution in [0.1, 0.15) is 44.2 Å². The van der Waals surface area contributed by atoms with E-state index in [1.54, 1.807) is 18.5 Å². The Morgan fingerprint density at radius 1 is 1.52 bits per heavy atom. The van der Waals surface area contributed by atoms with Gasteiger partial charge in [0.2, 0.25) is 0 Å². The zero-order valence-electron chi connectivity index (χ0n) is 13.7. The van der Waals surface area contributed by atoms with E-state index < -0.39 is 0 Å². The highest BCUT2D eigenvalue weighted by Gasteiger charge is 2.14. The molecule has 0 aromatic carbocycles. The highest BCUT2D eigenvalue weighted by molar-refractivity contribution is 6.11. The summed E-state index contributed by atoms with van der Waals surface area (Å²) in [5, 5.41) is 10.5. The van der Waals surface area contributed by atoms with Gasteiger partial charge in [-0.15, -0.1) is 0 Å². The first-order valence-electron chi connectivity index (χ1n) is 7.66. The lowest BCUT2D eigenvalue weighted by Crippen LogP contribution is -2.20. The molecule has 0 radical (unpaired) electrons. The molecule has 0 unspecified atom stereocenters. The first-order valence-corrected chi connectivity index (χ1v) is 7.66. The fourth-order valence-corrected chi connectivity index (χ4v) is 2.27. The van der Waals surface area contributed by atoms with Crippen molar-refractivity contribution in [3.8, 4) is 5.75 Å². The summed E-state index contributed by atoms with van der Waals surface area (Å²) < 4.78 is 1.35. The lowest BCUT2D eigenvalue weighted by atomic mass is 10.1. The van der Waals surface area contributed by atoms with E-state index in [9.17, 15) is 9.90 Å². The van der Waals surface area contributed by atoms with Crippen LogP contribution in [0.3, 0.4) is 0 Å². The van der Waals surface area contributed by atoms with E-state index in [-0.39, 0.29) is 22.9 Å². The molecule has 0 saturated carbocycles. The van der Waals surface area contributed by atoms with Gasteiger partial charge in [0.05, 0.1) is 0 Å². The zero-order chi connectivity index (χ0) is 17.0. The lowest BCUT2D eigenvalue weighted by Gasteiger charge is -2.11. The molecule has 0 aliphatic heterocycles. The Bertz CT molecular complexity index is 819. The molecule has 2 rings (SSSR count). The standard InChI is InChI=1S/C17H22N4O2/c1-4-6-19-9-12(8-18)13-5-7-21-16(15(13)22)20-10-14(11(2)3)17(21)23/h5,7-11,22H,4,6,18H2,1-3H3. The van der Waals surface area contributed by atoms with Crippen molar-refractivity contribution >= 4 is 17.4 Å². The van der Waals surface area contributed by atoms with Gasteiger partial charge in [0.15, 0.2) is 11.4 Å². The van der Waals surface area contributed by atoms with Gasteiger partial charge in [-0.25, -0.2) is 4.98 Å². The number of hydrogen-bond acceptors (Lipinski definition) is 5. The maximum Gasteiger partial charge on any atom is 0.261 e. The van der Waals surface area contributed by atoms with Gasteiger partial charge >= 0.3 is 0 Å². The Morgan fingerprint density at radius 2 is 2.26 bits per heavy atom. The van der Waals surface area contributed by atoms with Crippen molar-refractivity contribution in [3.63, 3.8) is 0 Å². The van der Waals surface area contributed by atoms with Crippen molar-refractivity contribution in [1.82, 2.24) is 9.38 Å². The SMILES string of the molecule is CCCN=CC(=CN)c1ccn2c(=O)c(C(C)C)cnc2c1O. The van der Waals surface area contributed by atoms with E-state index in [2.05, 4.69) is 9.98 Å². The molecular formula is C17H22N4O2. The molecule has 2 aromatic heterocycles. The topological polar surface area (TPSA) is 93.0 Å². The third-order valence-electron chi connectivity index (χ3n) is 3.57. The Labute approximate surface area is 135 Å². The van der Waals surface area contributed by atoms with Crippen molar-refractivity contribution in [1.29, 1.82) is 0 Å². The van der Waals surface area contributed by atoms with Crippen LogP contribution in [-0.4, -0.2) is 27.3 Å². The maximum atomic E-state index is 12.4. The fraction of sp³-hybridized carbons (Fsp3) is 0.353. The highest BCUT2D eigenvalue weighted by atomic mass is 16.3. The summed E-state index contributed by atoms with van der Waals surface area (Å²) >= 11 is 0. The van der Waals surface area contributed by atoms with E-state index in [4.69, 9.17) is 5.73 Å². The molecule has 0 aliphatic rings. The molecule has 0 bridgehead atoms. The summed E-state index contributed by atoms with van der Waals surface area (Å²) in [4.78, 5) is 20.9. The molecule has 6 nitrogen and oxygen atoms in total. The van der Waals surface area contributed by atoms with Crippen LogP contribution >= 0.6 is 0 Å². The number of aliphatic imine (C=N–C) groups is 1. The number of nitrogens with two attached hydrogens (primary N) is 1. The summed E-state index contributed by atoms with van der Waals surface area (Å²) in [6.07, 6.45) is 7.04. The average Bonchev–Trinajstić information content (AvgIpc) is 2.53. The van der Waals surface area contributed by atoms with Crippen molar-refractivity contribution in [2.45, 2.75) is 33.1 Å². The second-order valence-electron chi connectivity index (χ2n) is 5.60. The molecule has 0 amide bonds. The fourth-order valence-electron chi connectivity index (χ4n) is 2.27. The average molecular weight is 314 g/mol. The molecule has 0 saturated heterocycles. The van der Waals surface area contributed by atoms with E-state index >= 15 is 0 Å². The lowest BCUT2D eigenvalue weighted by molar-refractivity contribution is 0.475. The molecule has 0 spiro atoms. The van der Waals surface area contributed by atoms with Gasteiger partial charge in [0, 0.05) is 48.1 Å². The summed E-state index contributed by atoms with van der Waals surface area (Å²) in [5.74, 6) is -0.0195. The van der Waals surface area contributed by atoms with Gasteiger partial charge in [-0.05, 0) is 18.4 Å². The van der Waals surface area contributed by atoms with Crippen molar-refractivity contribution < 1.29 is 5.11 Å². The van der Waals surface area contributed by atoms with Crippen LogP contribution in [0, 0.1) is 0 Å². The minimum absolute atomic E-state index is 0.0643. The van der Waals surface area contributed by atoms with E-state index in [1.165, 1.54) is 16.8 Å². The van der Waals surface area contributed by atoms with Gasteiger partial charge in [0.1, 0.15) is 0 Å². The molecule has 6 heteroatoms. The second kappa shape index (κ2) is 7.09. The summed E-state index contributed by atoms with van der Waals surface area (Å²) in [7, 11) is 0. The summed E-state index contributed by atoms with van der Waals surface area (Å²) in [6, 6.07) is 1.65. The monoisotopic (exact) mass is 314 g/mol. The number of aromatic hydroxyl groups is 1. The first-order chi connectivity index (χ1) is 11.0. The predicted molar refractivity (Wildman–Crippen MR) is 93.0 cm³/mol. The third kappa shape index (κ3) is 3.26. The van der Waals surface area contributed by atoms with E-state index in [0.717, 1.165) is 6.42 Å². The van der Waals surface area contributed by atoms with Crippen LogP contribution in [-0.2, 0) is 0 Å². The van der Waals surface area contributed by atoms with Gasteiger partial charge < -0.3 is 10.8 Å². The van der Waals surface area contributed by atoms with Crippen molar-refractivity contribution in [2.75, 3.05) is 6.54 Å². The molecule has 0 fully saturated rings. The van der Waals surface area contributed by atoms with Gasteiger partial charge in [0.25, 0.3) is 5.56 Å². The molecule has 2 heterocycles. The van der Waals surface area contributed by atoms with Crippen molar-refractivity contribution in [2.24, 2.45) is 10.7 Å². The number of rotatable bonds is 5. The largest absolute Gasteiger partial charge is 0.504 e. The molecule has 0 aliphatic carbocycles. The molecule has 23 heavy (non-hydrogen) atoms. The number of fused-ring (bicyclic) bond motifs is 1. The van der Waals surface area contributed by atoms with Crippen LogP contribution in [0.4, 0.5) is 0 Å². The Hall–Kier alpha value is -2.63. The van der Waals surface area contributed by atoms with Gasteiger partial charge in [-0.3, -0.25) is 14.2 Å². The van der Waals surface area contributed by atoms with Crippen LogP contribution in [0.5, 0.6) is 5.75 Å². The van der Waals surface area contributed by atoms with Crippen molar-refractivity contribution in [3.05, 3.63) is 46.1 Å². The third-order valence-corrected chi connectivity index (χ3v) is 3.57. The Kier molecular flexibility index (Phi) is 5.16. The molecule has 2 aromatic rings. The zero-order valence-corrected chi connectivity index (χ0v) is 13.7. The number of nitrogens with zero attached hydrogens (tertiary/aromatic N) is 3. The minimum atomic E-state index is -0.176. The quantitative estimate of drug-likeness (QED) is 0.828. The first kappa shape index (κ1) is 16.7. The number of hydrogen-bond donors (Lipinski definition) is 2. The molecule has 3 N–H and O–H groups in total. The van der Waals surface area contributed by atoms with Crippen LogP contribution < -0.4 is 11.3 Å². The predicted octanol–water partition coefficient (Wildman–Crippen LogP) is 2.30. The Morgan fingerprint density at radius 3 is 2.87 bits per heavy atom. The summed E-state index contributed by atoms with van der Waals surface area (Å²) in [5.41, 5.74) is 7.36. The molecular weight excluding hydrogens is 292 g/mol. The second-order valence-corrected chi connectivity index (χ2v) is 5.60. The van der Waals surface area contributed by atoms with Crippen LogP contribution in [0.15, 0.2) is 34.4 Å². The molecule has 0 atom stereocenters. The van der Waals surface area contributed by atoms with E-state index in [1.807, 2.05) is 20.8 Å². The normalized spacial score (nSPS) is 12.6. The smallest absolute Gasteiger partial charge is 0.261 e. The number of allylic oxidation sites excluding steroid dienone is 1. The molecule has 122 valence electrons. The maximum absolute atomic E-state index is 12.4. The number of pyridine rings is 1. The van der Waals surface area contributed by atoms with Gasteiger partial charge in [-0.1, -0.05) is 20.8 Å².